The zero-order valence-electron chi connectivity index (χ0n) is 13.0. The Morgan fingerprint density at radius 2 is 1.87 bits per heavy atom. The number of rotatable bonds is 5. The molecule has 0 heterocycles. The molecule has 1 atom stereocenters. The largest absolute Gasteiger partial charge is 0.493 e. The van der Waals surface area contributed by atoms with Crippen molar-refractivity contribution in [3.63, 3.8) is 0 Å². The number of benzene rings is 2. The van der Waals surface area contributed by atoms with Gasteiger partial charge in [-0.25, -0.2) is 0 Å². The maximum absolute atomic E-state index is 12.3. The summed E-state index contributed by atoms with van der Waals surface area (Å²) in [5, 5.41) is 3.58. The van der Waals surface area contributed by atoms with E-state index in [1.54, 1.807) is 38.3 Å². The van der Waals surface area contributed by atoms with Crippen molar-refractivity contribution in [2.45, 2.75) is 20.0 Å². The first-order valence-electron chi connectivity index (χ1n) is 6.98. The lowest BCUT2D eigenvalue weighted by Gasteiger charge is -2.17. The van der Waals surface area contributed by atoms with E-state index in [1.807, 2.05) is 19.1 Å². The van der Waals surface area contributed by atoms with Gasteiger partial charge in [-0.1, -0.05) is 29.3 Å². The van der Waals surface area contributed by atoms with Gasteiger partial charge in [0, 0.05) is 5.02 Å². The SMILES string of the molecule is COc1cc(C)ccc1OC(C)C(=O)Nc1ccc(Cl)cc1Cl. The van der Waals surface area contributed by atoms with Gasteiger partial charge in [0.2, 0.25) is 0 Å². The van der Waals surface area contributed by atoms with Crippen molar-refractivity contribution < 1.29 is 14.3 Å². The number of ether oxygens (including phenoxy) is 2. The minimum absolute atomic E-state index is 0.322. The molecule has 6 heteroatoms. The molecule has 0 aliphatic carbocycles. The number of methoxy groups -OCH3 is 1. The van der Waals surface area contributed by atoms with Crippen LogP contribution in [-0.4, -0.2) is 19.1 Å². The predicted octanol–water partition coefficient (Wildman–Crippen LogP) is 4.72. The number of carbonyl (C=O) groups is 1. The van der Waals surface area contributed by atoms with Crippen LogP contribution in [0, 0.1) is 6.92 Å². The fraction of sp³-hybridized carbons (Fsp3) is 0.235. The number of halogens is 2. The van der Waals surface area contributed by atoms with E-state index in [-0.39, 0.29) is 5.91 Å². The lowest BCUT2D eigenvalue weighted by molar-refractivity contribution is -0.122. The molecule has 0 fully saturated rings. The van der Waals surface area contributed by atoms with Crippen LogP contribution in [0.3, 0.4) is 0 Å². The first kappa shape index (κ1) is 17.4. The molecular formula is C17H17Cl2NO3. The lowest BCUT2D eigenvalue weighted by atomic mass is 10.2. The van der Waals surface area contributed by atoms with E-state index in [0.717, 1.165) is 5.56 Å². The van der Waals surface area contributed by atoms with Crippen LogP contribution < -0.4 is 14.8 Å². The number of aryl methyl sites for hydroxylation is 1. The number of amides is 1. The van der Waals surface area contributed by atoms with Gasteiger partial charge in [-0.05, 0) is 49.7 Å². The zero-order valence-corrected chi connectivity index (χ0v) is 14.5. The van der Waals surface area contributed by atoms with Crippen LogP contribution in [0.2, 0.25) is 10.0 Å². The molecule has 0 spiro atoms. The molecule has 0 aromatic heterocycles. The molecule has 23 heavy (non-hydrogen) atoms. The zero-order chi connectivity index (χ0) is 17.0. The van der Waals surface area contributed by atoms with Gasteiger partial charge in [-0.3, -0.25) is 4.79 Å². The Morgan fingerprint density at radius 3 is 2.52 bits per heavy atom. The minimum atomic E-state index is -0.724. The summed E-state index contributed by atoms with van der Waals surface area (Å²) >= 11 is 11.9. The highest BCUT2D eigenvalue weighted by Crippen LogP contribution is 2.29. The highest BCUT2D eigenvalue weighted by Gasteiger charge is 2.18. The lowest BCUT2D eigenvalue weighted by Crippen LogP contribution is -2.30. The quantitative estimate of drug-likeness (QED) is 0.845. The highest BCUT2D eigenvalue weighted by molar-refractivity contribution is 6.36. The average molecular weight is 354 g/mol. The van der Waals surface area contributed by atoms with Crippen molar-refractivity contribution in [3.8, 4) is 11.5 Å². The van der Waals surface area contributed by atoms with E-state index < -0.39 is 6.10 Å². The minimum Gasteiger partial charge on any atom is -0.493 e. The van der Waals surface area contributed by atoms with E-state index in [0.29, 0.717) is 27.2 Å². The second-order valence-corrected chi connectivity index (χ2v) is 5.87. The van der Waals surface area contributed by atoms with Crippen LogP contribution in [0.4, 0.5) is 5.69 Å². The van der Waals surface area contributed by atoms with Gasteiger partial charge in [0.15, 0.2) is 17.6 Å². The molecule has 0 saturated carbocycles. The fourth-order valence-corrected chi connectivity index (χ4v) is 2.40. The first-order valence-corrected chi connectivity index (χ1v) is 7.73. The summed E-state index contributed by atoms with van der Waals surface area (Å²) in [6.45, 7) is 3.60. The van der Waals surface area contributed by atoms with Gasteiger partial charge in [-0.15, -0.1) is 0 Å². The molecule has 1 amide bonds. The molecule has 0 bridgehead atoms. The number of carbonyl (C=O) groups excluding carboxylic acids is 1. The molecule has 2 aromatic carbocycles. The van der Waals surface area contributed by atoms with Gasteiger partial charge >= 0.3 is 0 Å². The van der Waals surface area contributed by atoms with E-state index in [4.69, 9.17) is 32.7 Å². The van der Waals surface area contributed by atoms with E-state index in [2.05, 4.69) is 5.32 Å². The standard InChI is InChI=1S/C17H17Cl2NO3/c1-10-4-7-15(16(8-10)22-3)23-11(2)17(21)20-14-6-5-12(18)9-13(14)19/h4-9,11H,1-3H3,(H,20,21). The van der Waals surface area contributed by atoms with Crippen LogP contribution in [-0.2, 0) is 4.79 Å². The molecular weight excluding hydrogens is 337 g/mol. The van der Waals surface area contributed by atoms with Crippen molar-refractivity contribution in [1.29, 1.82) is 0 Å². The summed E-state index contributed by atoms with van der Waals surface area (Å²) in [5.74, 6) is 0.758. The molecule has 0 saturated heterocycles. The highest BCUT2D eigenvalue weighted by atomic mass is 35.5. The Balaban J connectivity index is 2.08. The molecule has 0 aliphatic rings. The van der Waals surface area contributed by atoms with Gasteiger partial charge in [0.05, 0.1) is 17.8 Å². The summed E-state index contributed by atoms with van der Waals surface area (Å²) in [6, 6.07) is 10.4. The number of hydrogen-bond donors (Lipinski definition) is 1. The van der Waals surface area contributed by atoms with Gasteiger partial charge in [-0.2, -0.15) is 0 Å². The van der Waals surface area contributed by atoms with Crippen molar-refractivity contribution in [2.75, 3.05) is 12.4 Å². The van der Waals surface area contributed by atoms with Crippen molar-refractivity contribution >= 4 is 34.8 Å². The van der Waals surface area contributed by atoms with Gasteiger partial charge < -0.3 is 14.8 Å². The maximum Gasteiger partial charge on any atom is 0.265 e. The number of nitrogens with one attached hydrogen (secondary N) is 1. The number of hydrogen-bond acceptors (Lipinski definition) is 3. The molecule has 2 aromatic rings. The first-order chi connectivity index (χ1) is 10.9. The van der Waals surface area contributed by atoms with Crippen LogP contribution in [0.15, 0.2) is 36.4 Å². The topological polar surface area (TPSA) is 47.6 Å². The monoisotopic (exact) mass is 353 g/mol. The van der Waals surface area contributed by atoms with Crippen molar-refractivity contribution in [3.05, 3.63) is 52.0 Å². The second kappa shape index (κ2) is 7.57. The Labute approximate surface area is 145 Å². The molecule has 1 unspecified atom stereocenters. The summed E-state index contributed by atoms with van der Waals surface area (Å²) in [7, 11) is 1.56. The summed E-state index contributed by atoms with van der Waals surface area (Å²) in [5.41, 5.74) is 1.52. The molecule has 0 radical (unpaired) electrons. The van der Waals surface area contributed by atoms with Crippen molar-refractivity contribution in [2.24, 2.45) is 0 Å². The van der Waals surface area contributed by atoms with E-state index in [1.165, 1.54) is 0 Å². The van der Waals surface area contributed by atoms with Crippen molar-refractivity contribution in [1.82, 2.24) is 0 Å². The Kier molecular flexibility index (Phi) is 5.74. The molecule has 0 aliphatic heterocycles. The third-order valence-corrected chi connectivity index (χ3v) is 3.73. The average Bonchev–Trinajstić information content (AvgIpc) is 2.51. The number of anilines is 1. The second-order valence-electron chi connectivity index (χ2n) is 5.03. The normalized spacial score (nSPS) is 11.7. The van der Waals surface area contributed by atoms with E-state index in [9.17, 15) is 4.79 Å². The molecule has 2 rings (SSSR count). The summed E-state index contributed by atoms with van der Waals surface area (Å²) in [6.07, 6.45) is -0.724. The smallest absolute Gasteiger partial charge is 0.265 e. The predicted molar refractivity (Wildman–Crippen MR) is 92.9 cm³/mol. The maximum atomic E-state index is 12.3. The third-order valence-electron chi connectivity index (χ3n) is 3.18. The molecule has 122 valence electrons. The van der Waals surface area contributed by atoms with Crippen LogP contribution in [0.5, 0.6) is 11.5 Å². The Morgan fingerprint density at radius 1 is 1.13 bits per heavy atom. The van der Waals surface area contributed by atoms with Crippen LogP contribution >= 0.6 is 23.2 Å². The Hall–Kier alpha value is -1.91. The molecule has 4 nitrogen and oxygen atoms in total. The third kappa shape index (κ3) is 4.53. The Bertz CT molecular complexity index is 719. The van der Waals surface area contributed by atoms with Gasteiger partial charge in [0.25, 0.3) is 5.91 Å². The summed E-state index contributed by atoms with van der Waals surface area (Å²) < 4.78 is 10.9. The van der Waals surface area contributed by atoms with Crippen LogP contribution in [0.1, 0.15) is 12.5 Å². The fourth-order valence-electron chi connectivity index (χ4n) is 1.94. The summed E-state index contributed by atoms with van der Waals surface area (Å²) in [4.78, 5) is 12.3. The van der Waals surface area contributed by atoms with Crippen LogP contribution in [0.25, 0.3) is 0 Å². The van der Waals surface area contributed by atoms with Gasteiger partial charge in [0.1, 0.15) is 0 Å². The van der Waals surface area contributed by atoms with E-state index >= 15 is 0 Å². The molecule has 1 N–H and O–H groups in total.